The Bertz CT molecular complexity index is 559. The summed E-state index contributed by atoms with van der Waals surface area (Å²) in [5, 5.41) is 18.3. The third-order valence-electron chi connectivity index (χ3n) is 4.26. The van der Waals surface area contributed by atoms with Crippen LogP contribution in [0.5, 0.6) is 0 Å². The molecule has 3 rings (SSSR count). The van der Waals surface area contributed by atoms with E-state index in [1.165, 1.54) is 0 Å². The van der Waals surface area contributed by atoms with Gasteiger partial charge < -0.3 is 14.9 Å². The van der Waals surface area contributed by atoms with Gasteiger partial charge in [-0.2, -0.15) is 0 Å². The maximum Gasteiger partial charge on any atom is 0.280 e. The van der Waals surface area contributed by atoms with Crippen molar-refractivity contribution < 1.29 is 19.2 Å². The number of hydrogen-bond donors (Lipinski definition) is 3. The zero-order valence-corrected chi connectivity index (χ0v) is 12.4. The van der Waals surface area contributed by atoms with Crippen LogP contribution >= 0.6 is 0 Å². The molecule has 7 heteroatoms. The van der Waals surface area contributed by atoms with Crippen molar-refractivity contribution in [1.82, 2.24) is 15.8 Å². The summed E-state index contributed by atoms with van der Waals surface area (Å²) >= 11 is 0. The average molecular weight is 307 g/mol. The fourth-order valence-corrected chi connectivity index (χ4v) is 2.97. The molecule has 22 heavy (non-hydrogen) atoms. The molecule has 0 aromatic carbocycles. The molecule has 0 unspecified atom stereocenters. The van der Waals surface area contributed by atoms with Crippen molar-refractivity contribution in [1.29, 1.82) is 0 Å². The third kappa shape index (κ3) is 3.20. The van der Waals surface area contributed by atoms with E-state index in [0.29, 0.717) is 5.92 Å². The second-order valence-corrected chi connectivity index (χ2v) is 5.96. The highest BCUT2D eigenvalue weighted by atomic mass is 16.5. The van der Waals surface area contributed by atoms with Crippen molar-refractivity contribution >= 4 is 11.8 Å². The van der Waals surface area contributed by atoms with Gasteiger partial charge in [0.2, 0.25) is 5.91 Å². The van der Waals surface area contributed by atoms with Gasteiger partial charge in [-0.25, -0.2) is 0 Å². The molecule has 1 saturated carbocycles. The molecule has 3 N–H and O–H groups in total. The molecule has 1 saturated heterocycles. The Labute approximate surface area is 128 Å². The molecule has 1 aliphatic heterocycles. The van der Waals surface area contributed by atoms with Crippen molar-refractivity contribution in [2.75, 3.05) is 19.7 Å². The van der Waals surface area contributed by atoms with Crippen LogP contribution in [-0.4, -0.2) is 41.8 Å². The second kappa shape index (κ2) is 6.58. The largest absolute Gasteiger partial charge is 0.396 e. The predicted molar refractivity (Wildman–Crippen MR) is 77.5 cm³/mol. The highest BCUT2D eigenvalue weighted by Gasteiger charge is 2.37. The number of carbonyl (C=O) groups excluding carboxylic acids is 2. The van der Waals surface area contributed by atoms with Gasteiger partial charge >= 0.3 is 0 Å². The fourth-order valence-electron chi connectivity index (χ4n) is 2.97. The van der Waals surface area contributed by atoms with Gasteiger partial charge in [0, 0.05) is 11.5 Å². The zero-order chi connectivity index (χ0) is 15.5. The second-order valence-electron chi connectivity index (χ2n) is 5.96. The van der Waals surface area contributed by atoms with Crippen LogP contribution in [0.2, 0.25) is 0 Å². The number of imide groups is 1. The number of piperidine rings is 1. The molecule has 120 valence electrons. The first kappa shape index (κ1) is 15.2. The van der Waals surface area contributed by atoms with Crippen molar-refractivity contribution in [2.45, 2.75) is 43.9 Å². The Morgan fingerprint density at radius 3 is 2.59 bits per heavy atom. The molecule has 1 aromatic rings. The zero-order valence-electron chi connectivity index (χ0n) is 12.4. The SMILES string of the molecule is O=C(CCO)NC(=O)c1noc(C2CC2)c1C1CCNCC1. The number of hydrogen-bond acceptors (Lipinski definition) is 6. The van der Waals surface area contributed by atoms with Crippen molar-refractivity contribution in [3.05, 3.63) is 17.0 Å². The molecule has 2 amide bonds. The van der Waals surface area contributed by atoms with Crippen molar-refractivity contribution in [2.24, 2.45) is 0 Å². The van der Waals surface area contributed by atoms with E-state index in [1.807, 2.05) is 0 Å². The van der Waals surface area contributed by atoms with E-state index in [2.05, 4.69) is 15.8 Å². The molecule has 0 spiro atoms. The lowest BCUT2D eigenvalue weighted by Gasteiger charge is -2.23. The molecular formula is C15H21N3O4. The summed E-state index contributed by atoms with van der Waals surface area (Å²) in [5.74, 6) is 0.415. The lowest BCUT2D eigenvalue weighted by atomic mass is 9.87. The summed E-state index contributed by atoms with van der Waals surface area (Å²) in [5.41, 5.74) is 1.12. The van der Waals surface area contributed by atoms with Gasteiger partial charge in [-0.05, 0) is 44.7 Å². The van der Waals surface area contributed by atoms with Gasteiger partial charge in [0.15, 0.2) is 5.69 Å². The minimum atomic E-state index is -0.525. The van der Waals surface area contributed by atoms with Gasteiger partial charge in [0.1, 0.15) is 5.76 Å². The van der Waals surface area contributed by atoms with Crippen LogP contribution in [0.4, 0.5) is 0 Å². The summed E-state index contributed by atoms with van der Waals surface area (Å²) in [4.78, 5) is 23.8. The molecule has 2 fully saturated rings. The van der Waals surface area contributed by atoms with Crippen LogP contribution in [0.3, 0.4) is 0 Å². The number of nitrogens with one attached hydrogen (secondary N) is 2. The summed E-state index contributed by atoms with van der Waals surface area (Å²) in [7, 11) is 0. The number of amides is 2. The van der Waals surface area contributed by atoms with Gasteiger partial charge in [-0.15, -0.1) is 0 Å². The van der Waals surface area contributed by atoms with E-state index in [-0.39, 0.29) is 24.6 Å². The normalized spacial score (nSPS) is 19.1. The molecule has 0 bridgehead atoms. The van der Waals surface area contributed by atoms with Crippen molar-refractivity contribution in [3.8, 4) is 0 Å². The van der Waals surface area contributed by atoms with E-state index in [4.69, 9.17) is 9.63 Å². The maximum absolute atomic E-state index is 12.3. The number of aliphatic hydroxyl groups is 1. The third-order valence-corrected chi connectivity index (χ3v) is 4.26. The summed E-state index contributed by atoms with van der Waals surface area (Å²) in [6, 6.07) is 0. The Kier molecular flexibility index (Phi) is 4.54. The quantitative estimate of drug-likeness (QED) is 0.738. The number of aliphatic hydroxyl groups excluding tert-OH is 1. The standard InChI is InChI=1S/C15H21N3O4/c19-8-5-11(20)17-15(21)13-12(9-3-6-16-7-4-9)14(22-18-13)10-1-2-10/h9-10,16,19H,1-8H2,(H,17,20,21). The fraction of sp³-hybridized carbons (Fsp3) is 0.667. The average Bonchev–Trinajstić information content (AvgIpc) is 3.26. The highest BCUT2D eigenvalue weighted by Crippen LogP contribution is 2.45. The molecular weight excluding hydrogens is 286 g/mol. The Morgan fingerprint density at radius 2 is 1.95 bits per heavy atom. The summed E-state index contributed by atoms with van der Waals surface area (Å²) in [6.07, 6.45) is 3.91. The van der Waals surface area contributed by atoms with E-state index in [1.54, 1.807) is 0 Å². The lowest BCUT2D eigenvalue weighted by Crippen LogP contribution is -2.33. The molecule has 1 aliphatic carbocycles. The Hall–Kier alpha value is -1.73. The molecule has 1 aromatic heterocycles. The van der Waals surface area contributed by atoms with Gasteiger partial charge in [-0.3, -0.25) is 14.9 Å². The van der Waals surface area contributed by atoms with Crippen LogP contribution in [0, 0.1) is 0 Å². The number of aromatic nitrogens is 1. The molecule has 2 aliphatic rings. The number of nitrogens with zero attached hydrogens (tertiary/aromatic N) is 1. The predicted octanol–water partition coefficient (Wildman–Crippen LogP) is 0.658. The van der Waals surface area contributed by atoms with Gasteiger partial charge in [-0.1, -0.05) is 5.16 Å². The minimum Gasteiger partial charge on any atom is -0.396 e. The number of carbonyl (C=O) groups is 2. The monoisotopic (exact) mass is 307 g/mol. The van der Waals surface area contributed by atoms with E-state index >= 15 is 0 Å². The first-order valence-electron chi connectivity index (χ1n) is 7.86. The van der Waals surface area contributed by atoms with E-state index in [0.717, 1.165) is 50.1 Å². The van der Waals surface area contributed by atoms with Crippen molar-refractivity contribution in [3.63, 3.8) is 0 Å². The molecule has 7 nitrogen and oxygen atoms in total. The minimum absolute atomic E-state index is 0.0955. The molecule has 0 radical (unpaired) electrons. The topological polar surface area (TPSA) is 104 Å². The Morgan fingerprint density at radius 1 is 1.23 bits per heavy atom. The van der Waals surface area contributed by atoms with Gasteiger partial charge in [0.25, 0.3) is 5.91 Å². The van der Waals surface area contributed by atoms with Gasteiger partial charge in [0.05, 0.1) is 13.0 Å². The number of rotatable bonds is 5. The van der Waals surface area contributed by atoms with Crippen LogP contribution in [0.25, 0.3) is 0 Å². The first-order chi connectivity index (χ1) is 10.7. The first-order valence-corrected chi connectivity index (χ1v) is 7.86. The lowest BCUT2D eigenvalue weighted by molar-refractivity contribution is -0.120. The highest BCUT2D eigenvalue weighted by molar-refractivity contribution is 6.04. The van der Waals surface area contributed by atoms with Crippen LogP contribution < -0.4 is 10.6 Å². The summed E-state index contributed by atoms with van der Waals surface area (Å²) in [6.45, 7) is 1.53. The van der Waals surface area contributed by atoms with Crippen LogP contribution in [-0.2, 0) is 4.79 Å². The van der Waals surface area contributed by atoms with E-state index in [9.17, 15) is 9.59 Å². The Balaban J connectivity index is 1.83. The van der Waals surface area contributed by atoms with E-state index < -0.39 is 11.8 Å². The smallest absolute Gasteiger partial charge is 0.280 e. The molecule has 2 heterocycles. The maximum atomic E-state index is 12.3. The van der Waals surface area contributed by atoms with Crippen LogP contribution in [0.15, 0.2) is 4.52 Å². The molecule has 0 atom stereocenters. The summed E-state index contributed by atoms with van der Waals surface area (Å²) < 4.78 is 5.44. The van der Waals surface area contributed by atoms with Crippen LogP contribution in [0.1, 0.15) is 65.8 Å².